The van der Waals surface area contributed by atoms with Crippen molar-refractivity contribution in [1.82, 2.24) is 5.16 Å². The molecule has 1 aliphatic carbocycles. The van der Waals surface area contributed by atoms with Crippen molar-refractivity contribution in [1.29, 1.82) is 0 Å². The number of hydrogen-bond donors (Lipinski definition) is 2. The van der Waals surface area contributed by atoms with E-state index >= 15 is 0 Å². The first-order valence-electron chi connectivity index (χ1n) is 11.2. The minimum atomic E-state index is -0.728. The Morgan fingerprint density at radius 2 is 1.75 bits per heavy atom. The van der Waals surface area contributed by atoms with Crippen molar-refractivity contribution in [2.75, 3.05) is 5.32 Å². The van der Waals surface area contributed by atoms with Crippen molar-refractivity contribution >= 4 is 11.7 Å². The summed E-state index contributed by atoms with van der Waals surface area (Å²) in [5.74, 6) is 0.0213. The van der Waals surface area contributed by atoms with Gasteiger partial charge in [-0.1, -0.05) is 59.8 Å². The summed E-state index contributed by atoms with van der Waals surface area (Å²) >= 11 is 0. The van der Waals surface area contributed by atoms with Crippen LogP contribution in [0, 0.1) is 6.92 Å². The Labute approximate surface area is 189 Å². The van der Waals surface area contributed by atoms with Crippen LogP contribution in [0.3, 0.4) is 0 Å². The van der Waals surface area contributed by atoms with Gasteiger partial charge in [-0.15, -0.1) is 6.58 Å². The zero-order valence-corrected chi connectivity index (χ0v) is 18.7. The molecule has 1 fully saturated rings. The molecule has 2 N–H and O–H groups in total. The molecule has 1 unspecified atom stereocenters. The number of aliphatic carboxylic acids is 1. The minimum Gasteiger partial charge on any atom is -0.481 e. The molecular weight excluding hydrogens is 400 g/mol. The van der Waals surface area contributed by atoms with Crippen LogP contribution in [0.25, 0.3) is 22.5 Å². The van der Waals surface area contributed by atoms with Gasteiger partial charge in [-0.25, -0.2) is 0 Å². The summed E-state index contributed by atoms with van der Waals surface area (Å²) in [4.78, 5) is 11.2. The first-order valence-corrected chi connectivity index (χ1v) is 11.2. The van der Waals surface area contributed by atoms with E-state index in [0.29, 0.717) is 6.04 Å². The van der Waals surface area contributed by atoms with E-state index < -0.39 is 5.97 Å². The molecule has 32 heavy (non-hydrogen) atoms. The summed E-state index contributed by atoms with van der Waals surface area (Å²) in [7, 11) is 0. The maximum Gasteiger partial charge on any atom is 0.304 e. The lowest BCUT2D eigenvalue weighted by atomic mass is 9.91. The number of aryl methyl sites for hydroxylation is 1. The molecule has 0 radical (unpaired) electrons. The number of aromatic nitrogens is 1. The number of carboxylic acids is 1. The van der Waals surface area contributed by atoms with Gasteiger partial charge >= 0.3 is 5.97 Å². The predicted octanol–water partition coefficient (Wildman–Crippen LogP) is 6.59. The second-order valence-corrected chi connectivity index (χ2v) is 8.89. The Hall–Kier alpha value is -3.34. The predicted molar refractivity (Wildman–Crippen MR) is 128 cm³/mol. The maximum absolute atomic E-state index is 11.2. The molecule has 0 aliphatic heterocycles. The standard InChI is InChI=1S/C27H30N2O3/c1-4-5-6-18(2)28-25-19(3)29-32-26(25)22-9-7-20(8-10-22)21-11-13-23(14-12-21)27(15-16-27)17-24(30)31/h4,7-14,18,28H,1,5-6,15-17H2,2-3H3,(H,30,31). The van der Waals surface area contributed by atoms with Crippen LogP contribution in [0.5, 0.6) is 0 Å². The van der Waals surface area contributed by atoms with Crippen LogP contribution in [0.2, 0.25) is 0 Å². The molecule has 166 valence electrons. The molecular formula is C27H30N2O3. The smallest absolute Gasteiger partial charge is 0.304 e. The highest BCUT2D eigenvalue weighted by molar-refractivity contribution is 5.77. The second-order valence-electron chi connectivity index (χ2n) is 8.89. The fourth-order valence-corrected chi connectivity index (χ4v) is 4.26. The summed E-state index contributed by atoms with van der Waals surface area (Å²) < 4.78 is 5.64. The van der Waals surface area contributed by atoms with Gasteiger partial charge in [-0.2, -0.15) is 0 Å². The van der Waals surface area contributed by atoms with Gasteiger partial charge in [0.25, 0.3) is 0 Å². The highest BCUT2D eigenvalue weighted by Crippen LogP contribution is 2.51. The normalized spacial score (nSPS) is 15.2. The van der Waals surface area contributed by atoms with Crippen LogP contribution in [-0.2, 0) is 10.2 Å². The summed E-state index contributed by atoms with van der Waals surface area (Å²) in [6.07, 6.45) is 6.00. The Bertz CT molecular complexity index is 1090. The van der Waals surface area contributed by atoms with Gasteiger partial charge in [0, 0.05) is 17.0 Å². The molecule has 2 aromatic carbocycles. The molecule has 0 saturated heterocycles. The monoisotopic (exact) mass is 430 g/mol. The summed E-state index contributed by atoms with van der Waals surface area (Å²) in [5, 5.41) is 16.9. The van der Waals surface area contributed by atoms with E-state index in [0.717, 1.165) is 65.1 Å². The van der Waals surface area contributed by atoms with Crippen molar-refractivity contribution in [3.63, 3.8) is 0 Å². The molecule has 5 heteroatoms. The average Bonchev–Trinajstić information content (AvgIpc) is 3.48. The van der Waals surface area contributed by atoms with E-state index in [1.54, 1.807) is 0 Å². The van der Waals surface area contributed by atoms with Crippen LogP contribution >= 0.6 is 0 Å². The topological polar surface area (TPSA) is 75.4 Å². The van der Waals surface area contributed by atoms with Crippen LogP contribution in [0.4, 0.5) is 5.69 Å². The fraction of sp³-hybridized carbons (Fsp3) is 0.333. The van der Waals surface area contributed by atoms with Gasteiger partial charge in [0.15, 0.2) is 5.76 Å². The van der Waals surface area contributed by atoms with E-state index in [2.05, 4.69) is 72.5 Å². The minimum absolute atomic E-state index is 0.162. The van der Waals surface area contributed by atoms with Crippen molar-refractivity contribution < 1.29 is 14.4 Å². The fourth-order valence-electron chi connectivity index (χ4n) is 4.26. The molecule has 1 atom stereocenters. The Balaban J connectivity index is 1.51. The lowest BCUT2D eigenvalue weighted by molar-refractivity contribution is -0.137. The van der Waals surface area contributed by atoms with E-state index in [1.807, 2.05) is 13.0 Å². The van der Waals surface area contributed by atoms with Crippen molar-refractivity contribution in [2.45, 2.75) is 57.4 Å². The lowest BCUT2D eigenvalue weighted by Crippen LogP contribution is -2.15. The van der Waals surface area contributed by atoms with Crippen LogP contribution in [-0.4, -0.2) is 22.3 Å². The molecule has 3 aromatic rings. The van der Waals surface area contributed by atoms with Crippen LogP contribution in [0.15, 0.2) is 65.7 Å². The number of nitrogens with one attached hydrogen (secondary N) is 1. The van der Waals surface area contributed by atoms with Gasteiger partial charge in [-0.05, 0) is 56.2 Å². The second kappa shape index (κ2) is 9.03. The lowest BCUT2D eigenvalue weighted by Gasteiger charge is -2.15. The zero-order chi connectivity index (χ0) is 22.7. The molecule has 0 amide bonds. The van der Waals surface area contributed by atoms with Crippen LogP contribution < -0.4 is 5.32 Å². The first kappa shape index (κ1) is 21.9. The number of anilines is 1. The average molecular weight is 431 g/mol. The highest BCUT2D eigenvalue weighted by Gasteiger charge is 2.45. The molecule has 1 heterocycles. The third-order valence-electron chi connectivity index (χ3n) is 6.38. The van der Waals surface area contributed by atoms with Gasteiger partial charge < -0.3 is 14.9 Å². The summed E-state index contributed by atoms with van der Waals surface area (Å²) in [6, 6.07) is 16.9. The largest absolute Gasteiger partial charge is 0.481 e. The van der Waals surface area contributed by atoms with Crippen molar-refractivity contribution in [2.24, 2.45) is 0 Å². The highest BCUT2D eigenvalue weighted by atomic mass is 16.5. The van der Waals surface area contributed by atoms with Crippen molar-refractivity contribution in [3.8, 4) is 22.5 Å². The first-order chi connectivity index (χ1) is 15.4. The van der Waals surface area contributed by atoms with Crippen molar-refractivity contribution in [3.05, 3.63) is 72.4 Å². The molecule has 5 nitrogen and oxygen atoms in total. The van der Waals surface area contributed by atoms with E-state index in [4.69, 9.17) is 4.52 Å². The molecule has 1 saturated carbocycles. The van der Waals surface area contributed by atoms with E-state index in [9.17, 15) is 9.90 Å². The van der Waals surface area contributed by atoms with Gasteiger partial charge in [0.2, 0.25) is 0 Å². The van der Waals surface area contributed by atoms with Crippen LogP contribution in [0.1, 0.15) is 50.3 Å². The van der Waals surface area contributed by atoms with Gasteiger partial charge in [-0.3, -0.25) is 4.79 Å². The molecule has 1 aliphatic rings. The number of rotatable bonds is 10. The number of nitrogens with zero attached hydrogens (tertiary/aromatic N) is 1. The Morgan fingerprint density at radius 3 is 2.31 bits per heavy atom. The third kappa shape index (κ3) is 4.62. The number of benzene rings is 2. The molecule has 1 aromatic heterocycles. The summed E-state index contributed by atoms with van der Waals surface area (Å²) in [5.41, 5.74) is 5.93. The third-order valence-corrected chi connectivity index (χ3v) is 6.38. The number of carboxylic acid groups (broad SMARTS) is 1. The SMILES string of the molecule is C=CCCC(C)Nc1c(C)noc1-c1ccc(-c2ccc(C3(CC(=O)O)CC3)cc2)cc1. The van der Waals surface area contributed by atoms with E-state index in [1.165, 1.54) is 0 Å². The number of allylic oxidation sites excluding steroid dienone is 1. The zero-order valence-electron chi connectivity index (χ0n) is 18.7. The maximum atomic E-state index is 11.2. The van der Waals surface area contributed by atoms with Gasteiger partial charge in [0.1, 0.15) is 11.4 Å². The van der Waals surface area contributed by atoms with Gasteiger partial charge in [0.05, 0.1) is 6.42 Å². The molecule has 0 spiro atoms. The quantitative estimate of drug-likeness (QED) is 0.355. The Kier molecular flexibility index (Phi) is 6.17. The number of carbonyl (C=O) groups is 1. The molecule has 4 rings (SSSR count). The summed E-state index contributed by atoms with van der Waals surface area (Å²) in [6.45, 7) is 7.89. The molecule has 0 bridgehead atoms. The number of hydrogen-bond acceptors (Lipinski definition) is 4. The van der Waals surface area contributed by atoms with E-state index in [-0.39, 0.29) is 11.8 Å². The Morgan fingerprint density at radius 1 is 1.16 bits per heavy atom.